The lowest BCUT2D eigenvalue weighted by Crippen LogP contribution is -2.17. The van der Waals surface area contributed by atoms with Crippen LogP contribution < -0.4 is 4.80 Å². The van der Waals surface area contributed by atoms with Crippen LogP contribution in [0.25, 0.3) is 10.2 Å². The number of hydrogen-bond acceptors (Lipinski definition) is 2. The van der Waals surface area contributed by atoms with Crippen molar-refractivity contribution in [3.05, 3.63) is 64.5 Å². The van der Waals surface area contributed by atoms with Gasteiger partial charge in [-0.05, 0) is 35.9 Å². The molecule has 2 aromatic carbocycles. The van der Waals surface area contributed by atoms with Crippen molar-refractivity contribution in [2.45, 2.75) is 13.0 Å². The van der Waals surface area contributed by atoms with Crippen molar-refractivity contribution >= 4 is 27.5 Å². The summed E-state index contributed by atoms with van der Waals surface area (Å²) in [5.41, 5.74) is 1.40. The van der Waals surface area contributed by atoms with Crippen LogP contribution in [0.3, 0.4) is 0 Å². The van der Waals surface area contributed by atoms with Crippen molar-refractivity contribution in [1.82, 2.24) is 4.57 Å². The van der Waals surface area contributed by atoms with Crippen LogP contribution in [0.5, 0.6) is 0 Å². The summed E-state index contributed by atoms with van der Waals surface area (Å²) >= 11 is 1.20. The van der Waals surface area contributed by atoms with Gasteiger partial charge in [0, 0.05) is 0 Å². The zero-order valence-electron chi connectivity index (χ0n) is 12.5. The minimum Gasteiger partial charge on any atom is -0.305 e. The Hall–Kier alpha value is -2.78. The first-order valence-electron chi connectivity index (χ1n) is 7.11. The molecular weight excluding hydrogens is 330 g/mol. The molecule has 0 N–H and O–H groups in total. The van der Waals surface area contributed by atoms with Crippen LogP contribution in [0.15, 0.2) is 47.5 Å². The van der Waals surface area contributed by atoms with Crippen LogP contribution in [0.1, 0.15) is 5.56 Å². The summed E-state index contributed by atoms with van der Waals surface area (Å²) in [6, 6.07) is 10.0. The van der Waals surface area contributed by atoms with Gasteiger partial charge in [-0.3, -0.25) is 4.79 Å². The van der Waals surface area contributed by atoms with E-state index in [1.165, 1.54) is 35.6 Å². The van der Waals surface area contributed by atoms with Crippen LogP contribution in [0.2, 0.25) is 0 Å². The Labute approximate surface area is 140 Å². The number of terminal acetylenes is 1. The molecule has 120 valence electrons. The molecule has 0 bridgehead atoms. The van der Waals surface area contributed by atoms with E-state index in [-0.39, 0.29) is 30.5 Å². The molecule has 0 fully saturated rings. The van der Waals surface area contributed by atoms with E-state index in [0.29, 0.717) is 15.1 Å². The molecule has 0 saturated carbocycles. The number of nitrogens with zero attached hydrogens (tertiary/aromatic N) is 2. The summed E-state index contributed by atoms with van der Waals surface area (Å²) in [5.74, 6) is 1.41. The molecular formula is C18H12F2N2OS. The van der Waals surface area contributed by atoms with Gasteiger partial charge in [-0.1, -0.05) is 29.4 Å². The number of carbonyl (C=O) groups excluding carboxylic acids is 1. The monoisotopic (exact) mass is 342 g/mol. The van der Waals surface area contributed by atoms with Crippen LogP contribution in [-0.4, -0.2) is 10.5 Å². The number of hydrogen-bond donors (Lipinski definition) is 0. The molecule has 3 nitrogen and oxygen atoms in total. The second kappa shape index (κ2) is 6.77. The van der Waals surface area contributed by atoms with Gasteiger partial charge in [0.05, 0.1) is 23.2 Å². The molecule has 24 heavy (non-hydrogen) atoms. The first-order valence-corrected chi connectivity index (χ1v) is 7.93. The highest BCUT2D eigenvalue weighted by molar-refractivity contribution is 7.16. The highest BCUT2D eigenvalue weighted by Gasteiger charge is 2.09. The fraction of sp³-hybridized carbons (Fsp3) is 0.111. The Morgan fingerprint density at radius 3 is 2.58 bits per heavy atom. The van der Waals surface area contributed by atoms with Crippen LogP contribution in [-0.2, 0) is 17.8 Å². The van der Waals surface area contributed by atoms with E-state index in [2.05, 4.69) is 10.9 Å². The average Bonchev–Trinajstić information content (AvgIpc) is 2.86. The number of thiazole rings is 1. The molecule has 1 aromatic heterocycles. The highest BCUT2D eigenvalue weighted by Crippen LogP contribution is 2.18. The zero-order chi connectivity index (χ0) is 17.1. The normalized spacial score (nSPS) is 11.6. The third-order valence-corrected chi connectivity index (χ3v) is 4.42. The maximum absolute atomic E-state index is 13.4. The Bertz CT molecular complexity index is 1010. The molecule has 3 rings (SSSR count). The van der Waals surface area contributed by atoms with Crippen molar-refractivity contribution in [3.8, 4) is 12.3 Å². The van der Waals surface area contributed by atoms with Crippen molar-refractivity contribution in [3.63, 3.8) is 0 Å². The second-order valence-corrected chi connectivity index (χ2v) is 6.10. The van der Waals surface area contributed by atoms with Crippen LogP contribution in [0.4, 0.5) is 8.78 Å². The summed E-state index contributed by atoms with van der Waals surface area (Å²) in [5, 5.41) is 0. The Kier molecular flexibility index (Phi) is 4.54. The van der Waals surface area contributed by atoms with Gasteiger partial charge in [0.2, 0.25) is 0 Å². The molecule has 0 aliphatic heterocycles. The quantitative estimate of drug-likeness (QED) is 0.673. The van der Waals surface area contributed by atoms with Gasteiger partial charge in [-0.15, -0.1) is 6.42 Å². The van der Waals surface area contributed by atoms with Gasteiger partial charge in [0.15, 0.2) is 4.80 Å². The van der Waals surface area contributed by atoms with Gasteiger partial charge in [0.1, 0.15) is 11.6 Å². The van der Waals surface area contributed by atoms with E-state index >= 15 is 0 Å². The Morgan fingerprint density at radius 1 is 1.17 bits per heavy atom. The molecule has 0 aliphatic rings. The predicted molar refractivity (Wildman–Crippen MR) is 89.3 cm³/mol. The van der Waals surface area contributed by atoms with Crippen molar-refractivity contribution in [2.75, 3.05) is 0 Å². The molecule has 1 heterocycles. The first kappa shape index (κ1) is 16.1. The van der Waals surface area contributed by atoms with E-state index in [4.69, 9.17) is 6.42 Å². The molecule has 0 radical (unpaired) electrons. The number of fused-ring (bicyclic) bond motifs is 1. The summed E-state index contributed by atoms with van der Waals surface area (Å²) < 4.78 is 28.6. The van der Waals surface area contributed by atoms with Crippen molar-refractivity contribution < 1.29 is 13.6 Å². The fourth-order valence-electron chi connectivity index (χ4n) is 2.30. The molecule has 0 aliphatic carbocycles. The van der Waals surface area contributed by atoms with Crippen LogP contribution >= 0.6 is 11.3 Å². The minimum atomic E-state index is -0.376. The molecule has 0 unspecified atom stereocenters. The molecule has 6 heteroatoms. The first-order chi connectivity index (χ1) is 11.6. The lowest BCUT2D eigenvalue weighted by Gasteiger charge is -2.00. The van der Waals surface area contributed by atoms with E-state index < -0.39 is 0 Å². The standard InChI is InChI=1S/C18H12F2N2OS/c1-2-9-22-15-8-7-14(20)11-16(15)24-18(22)21-17(23)10-12-3-5-13(19)6-4-12/h1,3-8,11H,9-10H2. The zero-order valence-corrected chi connectivity index (χ0v) is 13.3. The minimum absolute atomic E-state index is 0.0545. The van der Waals surface area contributed by atoms with E-state index in [1.807, 2.05) is 0 Å². The van der Waals surface area contributed by atoms with Gasteiger partial charge in [-0.2, -0.15) is 4.99 Å². The number of amides is 1. The predicted octanol–water partition coefficient (Wildman–Crippen LogP) is 3.28. The summed E-state index contributed by atoms with van der Waals surface area (Å²) in [6.45, 7) is 0.230. The number of rotatable bonds is 3. The number of carbonyl (C=O) groups is 1. The van der Waals surface area contributed by atoms with Gasteiger partial charge in [-0.25, -0.2) is 8.78 Å². The lowest BCUT2D eigenvalue weighted by atomic mass is 10.1. The SMILES string of the molecule is C#CCn1c(=NC(=O)Cc2ccc(F)cc2)sc2cc(F)ccc21. The van der Waals surface area contributed by atoms with Gasteiger partial charge < -0.3 is 4.57 Å². The largest absolute Gasteiger partial charge is 0.305 e. The third-order valence-electron chi connectivity index (χ3n) is 3.38. The second-order valence-electron chi connectivity index (χ2n) is 5.10. The molecule has 0 atom stereocenters. The smallest absolute Gasteiger partial charge is 0.252 e. The van der Waals surface area contributed by atoms with Crippen LogP contribution in [0, 0.1) is 24.0 Å². The topological polar surface area (TPSA) is 34.4 Å². The highest BCUT2D eigenvalue weighted by atomic mass is 32.1. The van der Waals surface area contributed by atoms with E-state index in [0.717, 1.165) is 5.52 Å². The molecule has 0 saturated heterocycles. The lowest BCUT2D eigenvalue weighted by molar-refractivity contribution is -0.117. The maximum atomic E-state index is 13.4. The number of aromatic nitrogens is 1. The van der Waals surface area contributed by atoms with Gasteiger partial charge in [0.25, 0.3) is 5.91 Å². The fourth-order valence-corrected chi connectivity index (χ4v) is 3.37. The average molecular weight is 342 g/mol. The summed E-state index contributed by atoms with van der Waals surface area (Å²) in [4.78, 5) is 16.7. The Morgan fingerprint density at radius 2 is 1.88 bits per heavy atom. The molecule has 1 amide bonds. The number of benzene rings is 2. The number of halogens is 2. The third kappa shape index (κ3) is 3.42. The Balaban J connectivity index is 1.99. The van der Waals surface area contributed by atoms with E-state index in [1.54, 1.807) is 22.8 Å². The molecule has 0 spiro atoms. The maximum Gasteiger partial charge on any atom is 0.252 e. The summed E-state index contributed by atoms with van der Waals surface area (Å²) in [6.07, 6.45) is 5.43. The molecule has 3 aromatic rings. The van der Waals surface area contributed by atoms with Crippen molar-refractivity contribution in [1.29, 1.82) is 0 Å². The summed E-state index contributed by atoms with van der Waals surface area (Å²) in [7, 11) is 0. The van der Waals surface area contributed by atoms with Gasteiger partial charge >= 0.3 is 0 Å². The van der Waals surface area contributed by atoms with Crippen molar-refractivity contribution in [2.24, 2.45) is 4.99 Å². The van der Waals surface area contributed by atoms with E-state index in [9.17, 15) is 13.6 Å².